The van der Waals surface area contributed by atoms with Crippen molar-refractivity contribution in [3.05, 3.63) is 59.4 Å². The highest BCUT2D eigenvalue weighted by molar-refractivity contribution is 5.91. The number of benzene rings is 1. The number of hydrogen-bond donors (Lipinski definition) is 2. The first-order valence-corrected chi connectivity index (χ1v) is 9.26. The number of hydrogen-bond acceptors (Lipinski definition) is 3. The van der Waals surface area contributed by atoms with E-state index in [1.807, 2.05) is 49.1 Å². The summed E-state index contributed by atoms with van der Waals surface area (Å²) in [4.78, 5) is 19.1. The van der Waals surface area contributed by atoms with Gasteiger partial charge >= 0.3 is 6.03 Å². The first kappa shape index (κ1) is 17.0. The number of nitrogens with one attached hydrogen (secondary N) is 1. The van der Waals surface area contributed by atoms with Gasteiger partial charge in [0.1, 0.15) is 0 Å². The summed E-state index contributed by atoms with van der Waals surface area (Å²) in [5.41, 5.74) is 2.98. The number of pyridine rings is 1. The molecule has 3 heterocycles. The summed E-state index contributed by atoms with van der Waals surface area (Å²) in [6.45, 7) is 4.02. The fraction of sp³-hybridized carbons (Fsp3) is 0.429. The lowest BCUT2D eigenvalue weighted by Gasteiger charge is -2.43. The highest BCUT2D eigenvalue weighted by atomic mass is 16.3. The molecule has 2 N–H and O–H groups in total. The predicted octanol–water partition coefficient (Wildman–Crippen LogP) is 3.74. The zero-order valence-corrected chi connectivity index (χ0v) is 15.3. The van der Waals surface area contributed by atoms with Crippen molar-refractivity contribution < 1.29 is 9.90 Å². The Morgan fingerprint density at radius 3 is 2.38 bits per heavy atom. The van der Waals surface area contributed by atoms with Crippen molar-refractivity contribution in [2.75, 3.05) is 5.32 Å². The van der Waals surface area contributed by atoms with Crippen LogP contribution in [0.3, 0.4) is 0 Å². The van der Waals surface area contributed by atoms with Gasteiger partial charge in [0.05, 0.1) is 5.60 Å². The maximum atomic E-state index is 13.0. The molecule has 1 aromatic heterocycles. The smallest absolute Gasteiger partial charge is 0.322 e. The van der Waals surface area contributed by atoms with Crippen LogP contribution in [0.25, 0.3) is 0 Å². The van der Waals surface area contributed by atoms with Crippen molar-refractivity contribution in [1.29, 1.82) is 0 Å². The van der Waals surface area contributed by atoms with Gasteiger partial charge in [0.2, 0.25) is 0 Å². The average molecular weight is 351 g/mol. The Morgan fingerprint density at radius 1 is 1.15 bits per heavy atom. The highest BCUT2D eigenvalue weighted by Crippen LogP contribution is 2.45. The van der Waals surface area contributed by atoms with Crippen molar-refractivity contribution >= 4 is 11.7 Å². The van der Waals surface area contributed by atoms with E-state index in [0.29, 0.717) is 12.8 Å². The Kier molecular flexibility index (Phi) is 4.19. The van der Waals surface area contributed by atoms with Crippen molar-refractivity contribution in [2.45, 2.75) is 57.2 Å². The van der Waals surface area contributed by atoms with Crippen LogP contribution in [-0.4, -0.2) is 33.1 Å². The second-order valence-electron chi connectivity index (χ2n) is 7.67. The molecule has 0 radical (unpaired) electrons. The van der Waals surface area contributed by atoms with E-state index in [4.69, 9.17) is 0 Å². The maximum Gasteiger partial charge on any atom is 0.322 e. The van der Waals surface area contributed by atoms with Crippen LogP contribution in [0.2, 0.25) is 0 Å². The number of aliphatic hydroxyl groups is 1. The molecule has 0 saturated carbocycles. The fourth-order valence-electron chi connectivity index (χ4n) is 4.61. The molecule has 136 valence electrons. The van der Waals surface area contributed by atoms with Crippen molar-refractivity contribution in [3.8, 4) is 0 Å². The van der Waals surface area contributed by atoms with Crippen LogP contribution in [0.5, 0.6) is 0 Å². The number of nitrogens with zero attached hydrogens (tertiary/aromatic N) is 2. The van der Waals surface area contributed by atoms with Crippen LogP contribution >= 0.6 is 0 Å². The first-order valence-electron chi connectivity index (χ1n) is 9.26. The van der Waals surface area contributed by atoms with Gasteiger partial charge in [-0.15, -0.1) is 0 Å². The van der Waals surface area contributed by atoms with E-state index in [9.17, 15) is 9.90 Å². The van der Waals surface area contributed by atoms with Crippen LogP contribution in [0.4, 0.5) is 10.5 Å². The molecule has 2 aromatic rings. The Balaban J connectivity index is 1.54. The molecular weight excluding hydrogens is 326 g/mol. The maximum absolute atomic E-state index is 13.0. The molecule has 0 spiro atoms. The van der Waals surface area contributed by atoms with E-state index >= 15 is 0 Å². The van der Waals surface area contributed by atoms with E-state index in [1.165, 1.54) is 0 Å². The van der Waals surface area contributed by atoms with Gasteiger partial charge in [-0.3, -0.25) is 4.98 Å². The van der Waals surface area contributed by atoms with Crippen LogP contribution < -0.4 is 5.32 Å². The normalized spacial score (nSPS) is 27.4. The fourth-order valence-corrected chi connectivity index (χ4v) is 4.61. The van der Waals surface area contributed by atoms with Gasteiger partial charge in [0.25, 0.3) is 0 Å². The first-order chi connectivity index (χ1) is 12.5. The second-order valence-corrected chi connectivity index (χ2v) is 7.67. The molecule has 2 aliphatic rings. The summed E-state index contributed by atoms with van der Waals surface area (Å²) < 4.78 is 0. The van der Waals surface area contributed by atoms with Gasteiger partial charge in [-0.2, -0.15) is 0 Å². The van der Waals surface area contributed by atoms with E-state index in [1.54, 1.807) is 12.4 Å². The summed E-state index contributed by atoms with van der Waals surface area (Å²) in [6.07, 6.45) is 6.46. The summed E-state index contributed by atoms with van der Waals surface area (Å²) >= 11 is 0. The number of fused-ring (bicyclic) bond motifs is 2. The molecule has 4 rings (SSSR count). The van der Waals surface area contributed by atoms with Crippen molar-refractivity contribution in [1.82, 2.24) is 9.88 Å². The van der Waals surface area contributed by atoms with Gasteiger partial charge < -0.3 is 15.3 Å². The number of urea groups is 1. The van der Waals surface area contributed by atoms with Gasteiger partial charge in [-0.1, -0.05) is 24.3 Å². The van der Waals surface area contributed by atoms with Gasteiger partial charge in [0, 0.05) is 48.6 Å². The molecule has 2 saturated heterocycles. The molecule has 0 aliphatic carbocycles. The lowest BCUT2D eigenvalue weighted by atomic mass is 9.81. The zero-order chi connectivity index (χ0) is 18.3. The Morgan fingerprint density at radius 2 is 1.81 bits per heavy atom. The Bertz CT molecular complexity index is 787. The third kappa shape index (κ3) is 2.86. The van der Waals surface area contributed by atoms with E-state index in [-0.39, 0.29) is 18.1 Å². The summed E-state index contributed by atoms with van der Waals surface area (Å²) in [7, 11) is 0. The monoisotopic (exact) mass is 351 g/mol. The number of carbonyl (C=O) groups excluding carboxylic acids is 1. The number of amides is 2. The number of rotatable bonds is 2. The lowest BCUT2D eigenvalue weighted by molar-refractivity contribution is -0.0424. The van der Waals surface area contributed by atoms with Crippen molar-refractivity contribution in [2.24, 2.45) is 0 Å². The molecule has 5 heteroatoms. The SMILES string of the molecule is Cc1cccc(C)c1NC(=O)N1[C@H]2CC[C@H]1CC(O)(c1cccnc1)C2. The Labute approximate surface area is 154 Å². The third-order valence-electron chi connectivity index (χ3n) is 5.91. The number of anilines is 1. The molecular formula is C21H25N3O2. The Hall–Kier alpha value is -2.40. The molecule has 1 aromatic carbocycles. The molecule has 0 unspecified atom stereocenters. The number of carbonyl (C=O) groups is 1. The van der Waals surface area contributed by atoms with Crippen LogP contribution in [0, 0.1) is 13.8 Å². The minimum atomic E-state index is -0.893. The van der Waals surface area contributed by atoms with E-state index in [2.05, 4.69) is 10.3 Å². The lowest BCUT2D eigenvalue weighted by Crippen LogP contribution is -2.53. The van der Waals surface area contributed by atoms with Gasteiger partial charge in [-0.05, 0) is 43.9 Å². The summed E-state index contributed by atoms with van der Waals surface area (Å²) in [6, 6.07) is 9.87. The highest BCUT2D eigenvalue weighted by Gasteiger charge is 2.50. The quantitative estimate of drug-likeness (QED) is 0.866. The minimum absolute atomic E-state index is 0.0527. The largest absolute Gasteiger partial charge is 0.385 e. The third-order valence-corrected chi connectivity index (χ3v) is 5.91. The van der Waals surface area contributed by atoms with Crippen LogP contribution in [0.15, 0.2) is 42.7 Å². The number of para-hydroxylation sites is 1. The minimum Gasteiger partial charge on any atom is -0.385 e. The topological polar surface area (TPSA) is 65.5 Å². The number of piperidine rings is 1. The average Bonchev–Trinajstić information content (AvgIpc) is 2.91. The predicted molar refractivity (Wildman–Crippen MR) is 101 cm³/mol. The molecule has 26 heavy (non-hydrogen) atoms. The zero-order valence-electron chi connectivity index (χ0n) is 15.3. The molecule has 2 atom stereocenters. The molecule has 2 amide bonds. The van der Waals surface area contributed by atoms with E-state index < -0.39 is 5.60 Å². The standard InChI is InChI=1S/C21H25N3O2/c1-14-5-3-6-15(2)19(14)23-20(25)24-17-8-9-18(24)12-21(26,11-17)16-7-4-10-22-13-16/h3-7,10,13,17-18,26H,8-9,11-12H2,1-2H3,(H,23,25)/t17-,18-/m0/s1. The molecule has 2 fully saturated rings. The van der Waals surface area contributed by atoms with E-state index in [0.717, 1.165) is 35.2 Å². The van der Waals surface area contributed by atoms with Gasteiger partial charge in [-0.25, -0.2) is 4.79 Å². The number of aryl methyl sites for hydroxylation is 2. The summed E-state index contributed by atoms with van der Waals surface area (Å²) in [5.74, 6) is 0. The molecule has 2 aliphatic heterocycles. The molecule has 5 nitrogen and oxygen atoms in total. The van der Waals surface area contributed by atoms with Crippen molar-refractivity contribution in [3.63, 3.8) is 0 Å². The summed E-state index contributed by atoms with van der Waals surface area (Å²) in [5, 5.41) is 14.3. The van der Waals surface area contributed by atoms with Crippen LogP contribution in [0.1, 0.15) is 42.4 Å². The van der Waals surface area contributed by atoms with Crippen LogP contribution in [-0.2, 0) is 5.60 Å². The molecule has 2 bridgehead atoms. The second kappa shape index (κ2) is 6.40. The van der Waals surface area contributed by atoms with Gasteiger partial charge in [0.15, 0.2) is 0 Å². The number of aromatic nitrogens is 1.